The summed E-state index contributed by atoms with van der Waals surface area (Å²) in [7, 11) is 0. The Morgan fingerprint density at radius 2 is 1.56 bits per heavy atom. The molecule has 1 aliphatic rings. The minimum atomic E-state index is -1.31. The van der Waals surface area contributed by atoms with Gasteiger partial charge in [0.1, 0.15) is 17.8 Å². The van der Waals surface area contributed by atoms with Gasteiger partial charge in [0.15, 0.2) is 23.7 Å². The lowest BCUT2D eigenvalue weighted by Gasteiger charge is -2.44. The van der Waals surface area contributed by atoms with E-state index in [0.717, 1.165) is 43.4 Å². The van der Waals surface area contributed by atoms with Crippen LogP contribution in [0.4, 0.5) is 0 Å². The van der Waals surface area contributed by atoms with Crippen LogP contribution < -0.4 is 0 Å². The maximum atomic E-state index is 12.0. The van der Waals surface area contributed by atoms with Crippen LogP contribution in [0.15, 0.2) is 35.6 Å². The summed E-state index contributed by atoms with van der Waals surface area (Å²) in [6.07, 6.45) is -3.33. The SMILES string of the molecule is CC(=O)OC[C@H]1O[C@@H](S/C(=N/O)c2c[nH]c3ccccc23)[C@H](OC(C)=O)[C@@H](OC(C)=O)[C@@H]1OC(C)=O. The quantitative estimate of drug-likeness (QED) is 0.137. The largest absolute Gasteiger partial charge is 0.463 e. The van der Waals surface area contributed by atoms with E-state index in [0.29, 0.717) is 5.56 Å². The second-order valence-electron chi connectivity index (χ2n) is 7.84. The van der Waals surface area contributed by atoms with E-state index in [9.17, 15) is 24.4 Å². The summed E-state index contributed by atoms with van der Waals surface area (Å²) in [5.74, 6) is -2.80. The van der Waals surface area contributed by atoms with Crippen molar-refractivity contribution in [2.75, 3.05) is 6.61 Å². The van der Waals surface area contributed by atoms with Crippen molar-refractivity contribution in [3.8, 4) is 0 Å². The summed E-state index contributed by atoms with van der Waals surface area (Å²) in [5.41, 5.74) is 0.201. The zero-order chi connectivity index (χ0) is 26.4. The highest BCUT2D eigenvalue weighted by molar-refractivity contribution is 8.14. The van der Waals surface area contributed by atoms with Crippen molar-refractivity contribution in [1.29, 1.82) is 0 Å². The zero-order valence-corrected chi connectivity index (χ0v) is 20.8. The molecule has 1 aromatic heterocycles. The number of carbonyl (C=O) groups is 4. The van der Waals surface area contributed by atoms with Gasteiger partial charge in [-0.2, -0.15) is 0 Å². The minimum absolute atomic E-state index is 0.105. The first-order valence-corrected chi connectivity index (χ1v) is 11.7. The minimum Gasteiger partial charge on any atom is -0.463 e. The van der Waals surface area contributed by atoms with E-state index in [1.807, 2.05) is 24.3 Å². The molecule has 36 heavy (non-hydrogen) atoms. The van der Waals surface area contributed by atoms with Crippen molar-refractivity contribution in [3.63, 3.8) is 0 Å². The van der Waals surface area contributed by atoms with Crippen molar-refractivity contribution in [2.24, 2.45) is 5.16 Å². The average Bonchev–Trinajstić information content (AvgIpc) is 3.23. The number of nitrogens with zero attached hydrogens (tertiary/aromatic N) is 1. The average molecular weight is 523 g/mol. The van der Waals surface area contributed by atoms with Gasteiger partial charge < -0.3 is 33.9 Å². The van der Waals surface area contributed by atoms with Crippen LogP contribution in [0.1, 0.15) is 33.3 Å². The highest BCUT2D eigenvalue weighted by atomic mass is 32.2. The summed E-state index contributed by atoms with van der Waals surface area (Å²) in [5, 5.41) is 14.1. The Morgan fingerprint density at radius 3 is 2.17 bits per heavy atom. The smallest absolute Gasteiger partial charge is 0.303 e. The van der Waals surface area contributed by atoms with Gasteiger partial charge in [-0.05, 0) is 6.07 Å². The van der Waals surface area contributed by atoms with Crippen molar-refractivity contribution < 1.29 is 48.1 Å². The predicted molar refractivity (Wildman–Crippen MR) is 126 cm³/mol. The summed E-state index contributed by atoms with van der Waals surface area (Å²) in [6.45, 7) is 4.27. The van der Waals surface area contributed by atoms with Gasteiger partial charge in [-0.1, -0.05) is 35.1 Å². The molecule has 1 fully saturated rings. The molecule has 0 amide bonds. The van der Waals surface area contributed by atoms with E-state index >= 15 is 0 Å². The van der Waals surface area contributed by atoms with Crippen LogP contribution in [-0.4, -0.2) is 75.6 Å². The molecule has 1 aromatic carbocycles. The number of ether oxygens (including phenoxy) is 5. The topological polar surface area (TPSA) is 163 Å². The molecule has 0 bridgehead atoms. The summed E-state index contributed by atoms with van der Waals surface area (Å²) in [4.78, 5) is 50.3. The molecular formula is C23H26N2O10S. The molecule has 5 atom stereocenters. The second kappa shape index (κ2) is 11.9. The highest BCUT2D eigenvalue weighted by Crippen LogP contribution is 2.37. The molecule has 2 heterocycles. The highest BCUT2D eigenvalue weighted by Gasteiger charge is 2.52. The number of esters is 4. The number of H-pyrrole nitrogens is 1. The standard InChI is InChI=1S/C23H26N2O10S/c1-11(26)31-10-18-19(32-12(2)27)20(33-13(3)28)21(34-14(4)29)23(35-18)36-22(25-30)16-9-24-17-8-6-5-7-15(16)17/h5-9,18-21,23-24,30H,10H2,1-4H3/b25-22+/t18-,19-,20+,21-,23+/m1/s1. The number of oxime groups is 1. The van der Waals surface area contributed by atoms with Gasteiger partial charge in [-0.25, -0.2) is 0 Å². The molecule has 13 heteroatoms. The fraction of sp³-hybridized carbons (Fsp3) is 0.435. The van der Waals surface area contributed by atoms with Gasteiger partial charge in [0.05, 0.1) is 0 Å². The maximum absolute atomic E-state index is 12.0. The number of fused-ring (bicyclic) bond motifs is 1. The van der Waals surface area contributed by atoms with Crippen LogP contribution in [0.25, 0.3) is 10.9 Å². The molecule has 12 nitrogen and oxygen atoms in total. The van der Waals surface area contributed by atoms with Crippen LogP contribution >= 0.6 is 11.8 Å². The first kappa shape index (κ1) is 27.0. The van der Waals surface area contributed by atoms with Gasteiger partial charge in [0, 0.05) is 50.4 Å². The first-order chi connectivity index (χ1) is 17.1. The fourth-order valence-corrected chi connectivity index (χ4v) is 4.89. The third kappa shape index (κ3) is 6.55. The second-order valence-corrected chi connectivity index (χ2v) is 8.93. The Labute approximate surface area is 210 Å². The number of carbonyl (C=O) groups excluding carboxylic acids is 4. The Bertz CT molecular complexity index is 1160. The third-order valence-electron chi connectivity index (χ3n) is 5.09. The predicted octanol–water partition coefficient (Wildman–Crippen LogP) is 2.12. The number of nitrogens with one attached hydrogen (secondary N) is 1. The Kier molecular flexibility index (Phi) is 8.93. The van der Waals surface area contributed by atoms with Crippen molar-refractivity contribution in [1.82, 2.24) is 4.98 Å². The molecule has 0 radical (unpaired) electrons. The summed E-state index contributed by atoms with van der Waals surface area (Å²) < 4.78 is 27.4. The number of thioether (sulfide) groups is 1. The number of rotatable bonds is 7. The normalized spacial score (nSPS) is 24.1. The summed E-state index contributed by atoms with van der Waals surface area (Å²) in [6, 6.07) is 7.31. The lowest BCUT2D eigenvalue weighted by atomic mass is 9.99. The molecule has 2 N–H and O–H groups in total. The van der Waals surface area contributed by atoms with Crippen LogP contribution in [0.3, 0.4) is 0 Å². The Balaban J connectivity index is 2.02. The van der Waals surface area contributed by atoms with E-state index < -0.39 is 53.7 Å². The summed E-state index contributed by atoms with van der Waals surface area (Å²) >= 11 is 0.886. The zero-order valence-electron chi connectivity index (χ0n) is 20.0. The number of benzene rings is 1. The van der Waals surface area contributed by atoms with E-state index in [4.69, 9.17) is 23.7 Å². The van der Waals surface area contributed by atoms with Gasteiger partial charge >= 0.3 is 23.9 Å². The number of aromatic nitrogens is 1. The molecule has 2 aromatic rings. The number of hydrogen-bond donors (Lipinski definition) is 2. The van der Waals surface area contributed by atoms with Gasteiger partial charge in [-0.15, -0.1) is 0 Å². The Hall–Kier alpha value is -3.58. The van der Waals surface area contributed by atoms with Gasteiger partial charge in [0.25, 0.3) is 0 Å². The number of aromatic amines is 1. The van der Waals surface area contributed by atoms with E-state index in [2.05, 4.69) is 10.1 Å². The molecule has 3 rings (SSSR count). The van der Waals surface area contributed by atoms with E-state index in [1.54, 1.807) is 6.20 Å². The fourth-order valence-electron chi connectivity index (χ4n) is 3.78. The molecule has 194 valence electrons. The van der Waals surface area contributed by atoms with Crippen LogP contribution in [0.2, 0.25) is 0 Å². The molecule has 1 aliphatic heterocycles. The molecular weight excluding hydrogens is 496 g/mol. The lowest BCUT2D eigenvalue weighted by Crippen LogP contribution is -2.61. The maximum Gasteiger partial charge on any atom is 0.303 e. The first-order valence-electron chi connectivity index (χ1n) is 10.9. The molecule has 1 saturated heterocycles. The molecule has 0 spiro atoms. The van der Waals surface area contributed by atoms with Gasteiger partial charge in [0.2, 0.25) is 0 Å². The van der Waals surface area contributed by atoms with Crippen LogP contribution in [0.5, 0.6) is 0 Å². The monoisotopic (exact) mass is 522 g/mol. The van der Waals surface area contributed by atoms with Gasteiger partial charge in [-0.3, -0.25) is 19.2 Å². The van der Waals surface area contributed by atoms with Crippen LogP contribution in [-0.2, 0) is 42.9 Å². The van der Waals surface area contributed by atoms with Crippen LogP contribution in [0, 0.1) is 0 Å². The van der Waals surface area contributed by atoms with Crippen molar-refractivity contribution >= 4 is 51.6 Å². The molecule has 0 unspecified atom stereocenters. The van der Waals surface area contributed by atoms with Crippen molar-refractivity contribution in [2.45, 2.75) is 57.5 Å². The number of hydrogen-bond acceptors (Lipinski definition) is 12. The number of para-hydroxylation sites is 1. The Morgan fingerprint density at radius 1 is 0.944 bits per heavy atom. The van der Waals surface area contributed by atoms with Crippen molar-refractivity contribution in [3.05, 3.63) is 36.0 Å². The van der Waals surface area contributed by atoms with E-state index in [1.165, 1.54) is 6.92 Å². The molecule has 0 aliphatic carbocycles. The van der Waals surface area contributed by atoms with E-state index in [-0.39, 0.29) is 11.7 Å². The lowest BCUT2D eigenvalue weighted by molar-refractivity contribution is -0.237. The third-order valence-corrected chi connectivity index (χ3v) is 6.22. The molecule has 0 saturated carbocycles.